The molecule has 2 aromatic heterocycles. The van der Waals surface area contributed by atoms with Crippen molar-refractivity contribution in [1.29, 1.82) is 0 Å². The molecule has 0 bridgehead atoms. The van der Waals surface area contributed by atoms with Gasteiger partial charge in [-0.1, -0.05) is 6.07 Å². The van der Waals surface area contributed by atoms with Gasteiger partial charge in [0.25, 0.3) is 0 Å². The molecule has 2 rings (SSSR count). The number of nitrogens with zero attached hydrogens (tertiary/aromatic N) is 2. The molecule has 0 radical (unpaired) electrons. The first-order valence-corrected chi connectivity index (χ1v) is 4.82. The van der Waals surface area contributed by atoms with E-state index < -0.39 is 0 Å². The van der Waals surface area contributed by atoms with E-state index in [1.54, 1.807) is 0 Å². The highest BCUT2D eigenvalue weighted by atomic mass is 15.0. The number of fused-ring (bicyclic) bond motifs is 1. The van der Waals surface area contributed by atoms with E-state index in [-0.39, 0.29) is 0 Å². The molecule has 74 valence electrons. The molecular formula is C11H15N3. The summed E-state index contributed by atoms with van der Waals surface area (Å²) in [4.78, 5) is 4.54. The molecule has 1 N–H and O–H groups in total. The van der Waals surface area contributed by atoms with Gasteiger partial charge in [0.15, 0.2) is 0 Å². The molecule has 2 heterocycles. The number of pyridine rings is 1. The van der Waals surface area contributed by atoms with Crippen molar-refractivity contribution in [3.05, 3.63) is 35.4 Å². The van der Waals surface area contributed by atoms with Crippen LogP contribution in [-0.2, 0) is 6.54 Å². The first-order valence-electron chi connectivity index (χ1n) is 4.82. The van der Waals surface area contributed by atoms with E-state index in [1.165, 1.54) is 11.2 Å². The van der Waals surface area contributed by atoms with Gasteiger partial charge in [0.1, 0.15) is 5.82 Å². The first kappa shape index (κ1) is 9.21. The summed E-state index contributed by atoms with van der Waals surface area (Å²) >= 11 is 0. The molecule has 0 saturated heterocycles. The van der Waals surface area contributed by atoms with Crippen LogP contribution in [0.2, 0.25) is 0 Å². The van der Waals surface area contributed by atoms with Crippen molar-refractivity contribution >= 4 is 5.52 Å². The van der Waals surface area contributed by atoms with Gasteiger partial charge >= 0.3 is 0 Å². The Kier molecular flexibility index (Phi) is 2.25. The zero-order valence-corrected chi connectivity index (χ0v) is 8.83. The van der Waals surface area contributed by atoms with Crippen LogP contribution >= 0.6 is 0 Å². The van der Waals surface area contributed by atoms with Crippen LogP contribution in [0.25, 0.3) is 5.52 Å². The zero-order valence-electron chi connectivity index (χ0n) is 8.83. The van der Waals surface area contributed by atoms with Crippen LogP contribution in [0.4, 0.5) is 0 Å². The lowest BCUT2D eigenvalue weighted by Gasteiger charge is -2.01. The summed E-state index contributed by atoms with van der Waals surface area (Å²) < 4.78 is 2.19. The summed E-state index contributed by atoms with van der Waals surface area (Å²) in [6.07, 6.45) is 0. The SMILES string of the molecule is CNCc1nc(C)n2c(C)cccc12. The Morgan fingerprint density at radius 3 is 2.86 bits per heavy atom. The standard InChI is InChI=1S/C11H15N3/c1-8-5-4-6-11-10(7-12-3)13-9(2)14(8)11/h4-6,12H,7H2,1-3H3. The van der Waals surface area contributed by atoms with Gasteiger partial charge in [0.2, 0.25) is 0 Å². The average Bonchev–Trinajstić information content (AvgIpc) is 2.46. The fraction of sp³-hybridized carbons (Fsp3) is 0.364. The Bertz CT molecular complexity index is 457. The maximum Gasteiger partial charge on any atom is 0.110 e. The summed E-state index contributed by atoms with van der Waals surface area (Å²) in [5, 5.41) is 3.13. The third-order valence-corrected chi connectivity index (χ3v) is 2.45. The van der Waals surface area contributed by atoms with Crippen molar-refractivity contribution in [3.63, 3.8) is 0 Å². The fourth-order valence-electron chi connectivity index (χ4n) is 1.87. The maximum absolute atomic E-state index is 4.54. The molecule has 0 atom stereocenters. The van der Waals surface area contributed by atoms with Gasteiger partial charge in [0.05, 0.1) is 11.2 Å². The third kappa shape index (κ3) is 1.30. The quantitative estimate of drug-likeness (QED) is 0.778. The molecule has 0 aliphatic rings. The smallest absolute Gasteiger partial charge is 0.110 e. The van der Waals surface area contributed by atoms with Crippen LogP contribution in [0.15, 0.2) is 18.2 Å². The van der Waals surface area contributed by atoms with Crippen molar-refractivity contribution in [2.24, 2.45) is 0 Å². The van der Waals surface area contributed by atoms with Crippen molar-refractivity contribution in [2.75, 3.05) is 7.05 Å². The Hall–Kier alpha value is -1.35. The largest absolute Gasteiger partial charge is 0.314 e. The lowest BCUT2D eigenvalue weighted by molar-refractivity contribution is 0.800. The minimum Gasteiger partial charge on any atom is -0.314 e. The zero-order chi connectivity index (χ0) is 10.1. The molecule has 3 nitrogen and oxygen atoms in total. The fourth-order valence-corrected chi connectivity index (χ4v) is 1.87. The summed E-state index contributed by atoms with van der Waals surface area (Å²) in [5.41, 5.74) is 3.56. The Labute approximate surface area is 83.8 Å². The highest BCUT2D eigenvalue weighted by Crippen LogP contribution is 2.14. The Morgan fingerprint density at radius 1 is 1.36 bits per heavy atom. The monoisotopic (exact) mass is 189 g/mol. The van der Waals surface area contributed by atoms with Crippen LogP contribution in [0, 0.1) is 13.8 Å². The number of rotatable bonds is 2. The molecule has 0 amide bonds. The number of nitrogens with one attached hydrogen (secondary N) is 1. The second-order valence-electron chi connectivity index (χ2n) is 3.52. The molecule has 0 aliphatic carbocycles. The molecule has 0 saturated carbocycles. The number of hydrogen-bond acceptors (Lipinski definition) is 2. The van der Waals surface area contributed by atoms with E-state index >= 15 is 0 Å². The molecule has 0 spiro atoms. The van der Waals surface area contributed by atoms with Gasteiger partial charge in [-0.25, -0.2) is 4.98 Å². The number of aryl methyl sites for hydroxylation is 2. The van der Waals surface area contributed by atoms with E-state index in [4.69, 9.17) is 0 Å². The predicted octanol–water partition coefficient (Wildman–Crippen LogP) is 1.67. The van der Waals surface area contributed by atoms with Crippen molar-refractivity contribution in [3.8, 4) is 0 Å². The minimum absolute atomic E-state index is 0.820. The van der Waals surface area contributed by atoms with Crippen LogP contribution in [-0.4, -0.2) is 16.4 Å². The second kappa shape index (κ2) is 3.42. The van der Waals surface area contributed by atoms with Gasteiger partial charge in [0, 0.05) is 12.2 Å². The van der Waals surface area contributed by atoms with Crippen LogP contribution < -0.4 is 5.32 Å². The second-order valence-corrected chi connectivity index (χ2v) is 3.52. The third-order valence-electron chi connectivity index (χ3n) is 2.45. The van der Waals surface area contributed by atoms with E-state index in [9.17, 15) is 0 Å². The highest BCUT2D eigenvalue weighted by molar-refractivity contribution is 5.54. The predicted molar refractivity (Wildman–Crippen MR) is 57.4 cm³/mol. The number of hydrogen-bond donors (Lipinski definition) is 1. The number of aromatic nitrogens is 2. The maximum atomic E-state index is 4.54. The van der Waals surface area contributed by atoms with Gasteiger partial charge in [-0.05, 0) is 33.0 Å². The molecule has 2 aromatic rings. The van der Waals surface area contributed by atoms with Gasteiger partial charge in [-0.2, -0.15) is 0 Å². The molecule has 3 heteroatoms. The van der Waals surface area contributed by atoms with Crippen molar-refractivity contribution in [1.82, 2.24) is 14.7 Å². The van der Waals surface area contributed by atoms with E-state index in [0.717, 1.165) is 18.1 Å². The summed E-state index contributed by atoms with van der Waals surface area (Å²) in [7, 11) is 1.94. The van der Waals surface area contributed by atoms with Gasteiger partial charge in [-0.3, -0.25) is 0 Å². The minimum atomic E-state index is 0.820. The lowest BCUT2D eigenvalue weighted by Crippen LogP contribution is -2.05. The molecule has 0 aromatic carbocycles. The lowest BCUT2D eigenvalue weighted by atomic mass is 10.3. The topological polar surface area (TPSA) is 29.3 Å². The molecule has 0 fully saturated rings. The normalized spacial score (nSPS) is 11.1. The van der Waals surface area contributed by atoms with E-state index in [2.05, 4.69) is 39.8 Å². The average molecular weight is 189 g/mol. The highest BCUT2D eigenvalue weighted by Gasteiger charge is 2.07. The Balaban J connectivity index is 2.71. The molecule has 0 unspecified atom stereocenters. The molecular weight excluding hydrogens is 174 g/mol. The van der Waals surface area contributed by atoms with Gasteiger partial charge in [-0.15, -0.1) is 0 Å². The van der Waals surface area contributed by atoms with Crippen molar-refractivity contribution in [2.45, 2.75) is 20.4 Å². The summed E-state index contributed by atoms with van der Waals surface area (Å²) in [5.74, 6) is 1.06. The Morgan fingerprint density at radius 2 is 2.14 bits per heavy atom. The van der Waals surface area contributed by atoms with E-state index in [1.807, 2.05) is 14.0 Å². The van der Waals surface area contributed by atoms with Crippen LogP contribution in [0.5, 0.6) is 0 Å². The first-order chi connectivity index (χ1) is 6.74. The number of imidazole rings is 1. The van der Waals surface area contributed by atoms with Crippen LogP contribution in [0.3, 0.4) is 0 Å². The summed E-state index contributed by atoms with van der Waals surface area (Å²) in [6.45, 7) is 4.96. The van der Waals surface area contributed by atoms with Gasteiger partial charge < -0.3 is 9.72 Å². The van der Waals surface area contributed by atoms with Crippen molar-refractivity contribution < 1.29 is 0 Å². The van der Waals surface area contributed by atoms with E-state index in [0.29, 0.717) is 0 Å². The summed E-state index contributed by atoms with van der Waals surface area (Å²) in [6, 6.07) is 6.29. The molecule has 14 heavy (non-hydrogen) atoms. The molecule has 0 aliphatic heterocycles. The van der Waals surface area contributed by atoms with Crippen LogP contribution in [0.1, 0.15) is 17.2 Å².